The third-order valence-electron chi connectivity index (χ3n) is 4.43. The Balaban J connectivity index is 2.13. The molecule has 8 heteroatoms. The Morgan fingerprint density at radius 1 is 1.27 bits per heavy atom. The van der Waals surface area contributed by atoms with Gasteiger partial charge in [-0.25, -0.2) is 0 Å². The molecule has 0 aromatic heterocycles. The lowest BCUT2D eigenvalue weighted by atomic mass is 9.94. The van der Waals surface area contributed by atoms with Crippen LogP contribution in [0.5, 0.6) is 11.5 Å². The molecule has 0 saturated carbocycles. The summed E-state index contributed by atoms with van der Waals surface area (Å²) >= 11 is 0. The van der Waals surface area contributed by atoms with Gasteiger partial charge in [-0.15, -0.1) is 0 Å². The van der Waals surface area contributed by atoms with Crippen molar-refractivity contribution in [2.24, 2.45) is 0 Å². The van der Waals surface area contributed by atoms with E-state index in [1.165, 1.54) is 32.4 Å². The molecule has 2 aromatic rings. The van der Waals surface area contributed by atoms with Gasteiger partial charge in [-0.2, -0.15) is 5.26 Å². The molecule has 1 heterocycles. The van der Waals surface area contributed by atoms with Crippen LogP contribution >= 0.6 is 0 Å². The van der Waals surface area contributed by atoms with Gasteiger partial charge in [-0.3, -0.25) is 10.1 Å². The fraction of sp³-hybridized carbons (Fsp3) is 0.278. The van der Waals surface area contributed by atoms with Crippen LogP contribution in [-0.2, 0) is 6.54 Å². The number of anilines is 1. The first-order valence-corrected chi connectivity index (χ1v) is 7.85. The number of nitro groups is 1. The van der Waals surface area contributed by atoms with E-state index >= 15 is 0 Å². The van der Waals surface area contributed by atoms with E-state index in [2.05, 4.69) is 0 Å². The molecule has 2 aromatic carbocycles. The van der Waals surface area contributed by atoms with Crippen molar-refractivity contribution < 1.29 is 19.5 Å². The molecule has 0 spiro atoms. The SMILES string of the molecule is COc1ccc(OC)c2c1CN(c1cc(C#N)ccc1[N+](=O)[O-])CC2O. The number of nitro benzene ring substituents is 1. The van der Waals surface area contributed by atoms with E-state index in [4.69, 9.17) is 14.7 Å². The largest absolute Gasteiger partial charge is 0.496 e. The molecule has 0 aliphatic carbocycles. The number of ether oxygens (including phenoxy) is 2. The normalized spacial score (nSPS) is 15.8. The highest BCUT2D eigenvalue weighted by Crippen LogP contribution is 2.42. The van der Waals surface area contributed by atoms with Gasteiger partial charge in [0, 0.05) is 30.3 Å². The summed E-state index contributed by atoms with van der Waals surface area (Å²) in [5.74, 6) is 1.09. The van der Waals surface area contributed by atoms with Gasteiger partial charge in [0.2, 0.25) is 0 Å². The lowest BCUT2D eigenvalue weighted by Crippen LogP contribution is -2.34. The average Bonchev–Trinajstić information content (AvgIpc) is 2.66. The Hall–Kier alpha value is -3.31. The van der Waals surface area contributed by atoms with Crippen molar-refractivity contribution >= 4 is 11.4 Å². The molecule has 1 N–H and O–H groups in total. The van der Waals surface area contributed by atoms with Gasteiger partial charge in [0.25, 0.3) is 5.69 Å². The third kappa shape index (κ3) is 2.89. The van der Waals surface area contributed by atoms with Crippen LogP contribution in [0.3, 0.4) is 0 Å². The van der Waals surface area contributed by atoms with E-state index in [1.54, 1.807) is 17.0 Å². The molecule has 1 aliphatic heterocycles. The van der Waals surface area contributed by atoms with Gasteiger partial charge in [-0.05, 0) is 24.3 Å². The van der Waals surface area contributed by atoms with Gasteiger partial charge in [0.05, 0.1) is 30.8 Å². The maximum absolute atomic E-state index is 11.4. The first kappa shape index (κ1) is 17.5. The topological polar surface area (TPSA) is 109 Å². The number of aliphatic hydroxyl groups excluding tert-OH is 1. The average molecular weight is 355 g/mol. The fourth-order valence-electron chi connectivity index (χ4n) is 3.26. The minimum absolute atomic E-state index is 0.124. The van der Waals surface area contributed by atoms with E-state index in [0.717, 1.165) is 0 Å². The summed E-state index contributed by atoms with van der Waals surface area (Å²) < 4.78 is 10.7. The Bertz CT molecular complexity index is 906. The molecule has 1 aliphatic rings. The summed E-state index contributed by atoms with van der Waals surface area (Å²) in [6, 6.07) is 9.60. The molecule has 0 fully saturated rings. The number of methoxy groups -OCH3 is 2. The quantitative estimate of drug-likeness (QED) is 0.663. The van der Waals surface area contributed by atoms with Crippen LogP contribution in [0.4, 0.5) is 11.4 Å². The summed E-state index contributed by atoms with van der Waals surface area (Å²) in [5, 5.41) is 31.2. The highest BCUT2D eigenvalue weighted by molar-refractivity contribution is 5.68. The van der Waals surface area contributed by atoms with Crippen LogP contribution in [0.2, 0.25) is 0 Å². The Kier molecular flexibility index (Phi) is 4.65. The highest BCUT2D eigenvalue weighted by Gasteiger charge is 2.32. The maximum atomic E-state index is 11.4. The summed E-state index contributed by atoms with van der Waals surface area (Å²) in [5.41, 5.74) is 1.78. The number of nitriles is 1. The predicted octanol–water partition coefficient (Wildman–Crippen LogP) is 2.54. The summed E-state index contributed by atoms with van der Waals surface area (Å²) in [4.78, 5) is 12.6. The summed E-state index contributed by atoms with van der Waals surface area (Å²) in [7, 11) is 3.04. The van der Waals surface area contributed by atoms with E-state index in [1.807, 2.05) is 6.07 Å². The zero-order valence-electron chi connectivity index (χ0n) is 14.3. The number of hydrogen-bond acceptors (Lipinski definition) is 7. The van der Waals surface area contributed by atoms with E-state index in [-0.39, 0.29) is 24.5 Å². The second-order valence-electron chi connectivity index (χ2n) is 5.83. The molecule has 3 rings (SSSR count). The van der Waals surface area contributed by atoms with Crippen molar-refractivity contribution in [2.75, 3.05) is 25.7 Å². The first-order chi connectivity index (χ1) is 12.5. The van der Waals surface area contributed by atoms with Gasteiger partial charge in [0.1, 0.15) is 23.3 Å². The number of hydrogen-bond donors (Lipinski definition) is 1. The molecule has 0 saturated heterocycles. The molecular weight excluding hydrogens is 338 g/mol. The maximum Gasteiger partial charge on any atom is 0.292 e. The molecule has 0 bridgehead atoms. The zero-order chi connectivity index (χ0) is 18.8. The lowest BCUT2D eigenvalue weighted by molar-refractivity contribution is -0.384. The molecule has 0 amide bonds. The standard InChI is InChI=1S/C18H17N3O5/c1-25-16-5-6-17(26-2)18-12(16)9-20(10-15(18)22)14-7-11(8-19)3-4-13(14)21(23)24/h3-7,15,22H,9-10H2,1-2H3. The number of rotatable bonds is 4. The van der Waals surface area contributed by atoms with Crippen LogP contribution in [-0.4, -0.2) is 30.8 Å². The van der Waals surface area contributed by atoms with Gasteiger partial charge in [0.15, 0.2) is 0 Å². The van der Waals surface area contributed by atoms with E-state index in [0.29, 0.717) is 28.2 Å². The fourth-order valence-corrected chi connectivity index (χ4v) is 3.26. The minimum Gasteiger partial charge on any atom is -0.496 e. The van der Waals surface area contributed by atoms with Gasteiger partial charge >= 0.3 is 0 Å². The smallest absolute Gasteiger partial charge is 0.292 e. The molecule has 1 unspecified atom stereocenters. The van der Waals surface area contributed by atoms with Crippen LogP contribution in [0.15, 0.2) is 30.3 Å². The third-order valence-corrected chi connectivity index (χ3v) is 4.43. The predicted molar refractivity (Wildman–Crippen MR) is 93.4 cm³/mol. The molecule has 1 atom stereocenters. The van der Waals surface area contributed by atoms with Crippen molar-refractivity contribution in [1.82, 2.24) is 0 Å². The molecule has 26 heavy (non-hydrogen) atoms. The van der Waals surface area contributed by atoms with Crippen molar-refractivity contribution in [1.29, 1.82) is 5.26 Å². The zero-order valence-corrected chi connectivity index (χ0v) is 14.3. The second-order valence-corrected chi connectivity index (χ2v) is 5.83. The van der Waals surface area contributed by atoms with Crippen molar-refractivity contribution in [2.45, 2.75) is 12.6 Å². The Morgan fingerprint density at radius 3 is 2.58 bits per heavy atom. The Labute approximate surface area is 149 Å². The van der Waals surface area contributed by atoms with Crippen LogP contribution in [0.1, 0.15) is 22.8 Å². The molecule has 134 valence electrons. The number of β-amino-alcohol motifs (C(OH)–C–C–N with tert-alkyl or cyclic N) is 1. The van der Waals surface area contributed by atoms with Crippen LogP contribution in [0.25, 0.3) is 0 Å². The monoisotopic (exact) mass is 355 g/mol. The van der Waals surface area contributed by atoms with Crippen molar-refractivity contribution in [3.05, 3.63) is 57.1 Å². The molecule has 0 radical (unpaired) electrons. The summed E-state index contributed by atoms with van der Waals surface area (Å²) in [6.45, 7) is 0.411. The van der Waals surface area contributed by atoms with Crippen molar-refractivity contribution in [3.8, 4) is 17.6 Å². The highest BCUT2D eigenvalue weighted by atomic mass is 16.6. The lowest BCUT2D eigenvalue weighted by Gasteiger charge is -2.35. The van der Waals surface area contributed by atoms with Crippen LogP contribution < -0.4 is 14.4 Å². The number of nitrogens with zero attached hydrogens (tertiary/aromatic N) is 3. The molecule has 8 nitrogen and oxygen atoms in total. The van der Waals surface area contributed by atoms with Gasteiger partial charge in [-0.1, -0.05) is 0 Å². The van der Waals surface area contributed by atoms with Gasteiger partial charge < -0.3 is 19.5 Å². The number of fused-ring (bicyclic) bond motifs is 1. The minimum atomic E-state index is -0.922. The van der Waals surface area contributed by atoms with Crippen LogP contribution in [0, 0.1) is 21.4 Å². The van der Waals surface area contributed by atoms with Crippen molar-refractivity contribution in [3.63, 3.8) is 0 Å². The summed E-state index contributed by atoms with van der Waals surface area (Å²) in [6.07, 6.45) is -0.922. The number of aliphatic hydroxyl groups is 1. The second kappa shape index (κ2) is 6.90. The first-order valence-electron chi connectivity index (χ1n) is 7.85. The number of benzene rings is 2. The van der Waals surface area contributed by atoms with E-state index in [9.17, 15) is 15.2 Å². The van der Waals surface area contributed by atoms with E-state index < -0.39 is 11.0 Å². The molecular formula is C18H17N3O5. The Morgan fingerprint density at radius 2 is 1.96 bits per heavy atom.